The molecule has 0 fully saturated rings. The van der Waals surface area contributed by atoms with Crippen molar-refractivity contribution in [2.45, 2.75) is 20.5 Å². The van der Waals surface area contributed by atoms with E-state index in [0.29, 0.717) is 45.7 Å². The smallest absolute Gasteiger partial charge is 0.411 e. The largest absolute Gasteiger partial charge is 0.493 e. The number of nitrogens with zero attached hydrogens (tertiary/aromatic N) is 1. The summed E-state index contributed by atoms with van der Waals surface area (Å²) in [6.45, 7) is 3.87. The fourth-order valence-corrected chi connectivity index (χ4v) is 3.95. The van der Waals surface area contributed by atoms with Crippen molar-refractivity contribution in [2.75, 3.05) is 33.8 Å². The van der Waals surface area contributed by atoms with Crippen LogP contribution >= 0.6 is 0 Å². The van der Waals surface area contributed by atoms with Gasteiger partial charge in [0.2, 0.25) is 0 Å². The van der Waals surface area contributed by atoms with Crippen LogP contribution in [-0.4, -0.2) is 39.5 Å². The zero-order valence-electron chi connectivity index (χ0n) is 22.2. The van der Waals surface area contributed by atoms with Crippen molar-refractivity contribution in [3.8, 4) is 34.5 Å². The van der Waals surface area contributed by atoms with E-state index in [9.17, 15) is 4.79 Å². The molecule has 0 aliphatic heterocycles. The fraction of sp³-hybridized carbons (Fsp3) is 0.241. The normalized spacial score (nSPS) is 10.6. The van der Waals surface area contributed by atoms with Crippen molar-refractivity contribution >= 4 is 22.7 Å². The van der Waals surface area contributed by atoms with Crippen LogP contribution < -0.4 is 29.0 Å². The lowest BCUT2D eigenvalue weighted by Crippen LogP contribution is -2.14. The second-order valence-corrected chi connectivity index (χ2v) is 8.46. The van der Waals surface area contributed by atoms with E-state index < -0.39 is 6.09 Å². The number of hydrogen-bond donors (Lipinski definition) is 1. The summed E-state index contributed by atoms with van der Waals surface area (Å²) in [4.78, 5) is 16.9. The quantitative estimate of drug-likeness (QED) is 0.271. The third kappa shape index (κ3) is 5.67. The Balaban J connectivity index is 1.48. The van der Waals surface area contributed by atoms with Gasteiger partial charge in [0.05, 0.1) is 34.0 Å². The molecule has 0 radical (unpaired) electrons. The van der Waals surface area contributed by atoms with E-state index in [4.69, 9.17) is 28.4 Å². The van der Waals surface area contributed by atoms with Gasteiger partial charge in [-0.15, -0.1) is 0 Å². The maximum atomic E-state index is 12.5. The summed E-state index contributed by atoms with van der Waals surface area (Å²) in [5.74, 6) is 3.60. The lowest BCUT2D eigenvalue weighted by Gasteiger charge is -2.16. The Hall–Kier alpha value is -4.66. The van der Waals surface area contributed by atoms with Crippen molar-refractivity contribution in [3.05, 3.63) is 71.4 Å². The molecule has 9 heteroatoms. The van der Waals surface area contributed by atoms with Crippen molar-refractivity contribution in [2.24, 2.45) is 0 Å². The molecule has 4 rings (SSSR count). The Kier molecular flexibility index (Phi) is 8.06. The molecule has 1 aromatic heterocycles. The third-order valence-corrected chi connectivity index (χ3v) is 6.00. The van der Waals surface area contributed by atoms with Crippen LogP contribution in [-0.2, 0) is 11.3 Å². The first kappa shape index (κ1) is 26.4. The van der Waals surface area contributed by atoms with Crippen LogP contribution in [0.5, 0.6) is 34.5 Å². The summed E-state index contributed by atoms with van der Waals surface area (Å²) in [6.07, 6.45) is 1.10. The summed E-state index contributed by atoms with van der Waals surface area (Å²) in [5, 5.41) is 3.59. The van der Waals surface area contributed by atoms with E-state index in [-0.39, 0.29) is 6.61 Å². The highest BCUT2D eigenvalue weighted by Crippen LogP contribution is 2.38. The first-order valence-electron chi connectivity index (χ1n) is 11.8. The number of amides is 1. The SMILES string of the molecule is COc1ccc(COC(=O)Nc2cc(C)c(Oc3ccnc4cc(OC)c(OC)cc34)cc2C)cc1OC. The van der Waals surface area contributed by atoms with Gasteiger partial charge in [-0.25, -0.2) is 4.79 Å². The Bertz CT molecular complexity index is 1470. The summed E-state index contributed by atoms with van der Waals surface area (Å²) in [5.41, 5.74) is 3.75. The number of methoxy groups -OCH3 is 4. The number of anilines is 1. The van der Waals surface area contributed by atoms with Crippen molar-refractivity contribution in [3.63, 3.8) is 0 Å². The number of aryl methyl sites for hydroxylation is 2. The maximum absolute atomic E-state index is 12.5. The number of rotatable bonds is 9. The second kappa shape index (κ2) is 11.6. The molecule has 0 unspecified atom stereocenters. The van der Waals surface area contributed by atoms with E-state index in [1.54, 1.807) is 58.9 Å². The predicted molar refractivity (Wildman–Crippen MR) is 144 cm³/mol. The minimum atomic E-state index is -0.572. The highest BCUT2D eigenvalue weighted by molar-refractivity contribution is 5.89. The molecule has 0 atom stereocenters. The Morgan fingerprint density at radius 3 is 2.13 bits per heavy atom. The third-order valence-electron chi connectivity index (χ3n) is 6.00. The van der Waals surface area contributed by atoms with Crippen LogP contribution in [0.1, 0.15) is 16.7 Å². The number of fused-ring (bicyclic) bond motifs is 1. The molecule has 9 nitrogen and oxygen atoms in total. The zero-order valence-corrected chi connectivity index (χ0v) is 22.2. The Morgan fingerprint density at radius 1 is 0.737 bits per heavy atom. The van der Waals surface area contributed by atoms with E-state index >= 15 is 0 Å². The number of pyridine rings is 1. The van der Waals surface area contributed by atoms with Crippen molar-refractivity contribution < 1.29 is 33.2 Å². The van der Waals surface area contributed by atoms with E-state index in [1.165, 1.54) is 0 Å². The predicted octanol–water partition coefficient (Wildman–Crippen LogP) is 6.43. The molecule has 0 bridgehead atoms. The van der Waals surface area contributed by atoms with Gasteiger partial charge in [0, 0.05) is 23.3 Å². The Morgan fingerprint density at radius 2 is 1.42 bits per heavy atom. The van der Waals surface area contributed by atoms with Gasteiger partial charge in [-0.2, -0.15) is 0 Å². The highest BCUT2D eigenvalue weighted by Gasteiger charge is 2.15. The molecule has 4 aromatic rings. The van der Waals surface area contributed by atoms with Crippen LogP contribution in [0, 0.1) is 13.8 Å². The van der Waals surface area contributed by atoms with Crippen molar-refractivity contribution in [1.29, 1.82) is 0 Å². The average Bonchev–Trinajstić information content (AvgIpc) is 2.93. The maximum Gasteiger partial charge on any atom is 0.411 e. The molecular formula is C29H30N2O7. The van der Waals surface area contributed by atoms with Gasteiger partial charge < -0.3 is 28.4 Å². The first-order valence-corrected chi connectivity index (χ1v) is 11.8. The van der Waals surface area contributed by atoms with E-state index in [2.05, 4.69) is 10.3 Å². The molecule has 0 aliphatic rings. The van der Waals surface area contributed by atoms with Gasteiger partial charge in [-0.05, 0) is 66.9 Å². The Labute approximate surface area is 221 Å². The van der Waals surface area contributed by atoms with Crippen LogP contribution in [0.3, 0.4) is 0 Å². The molecule has 38 heavy (non-hydrogen) atoms. The van der Waals surface area contributed by atoms with Crippen LogP contribution in [0.4, 0.5) is 10.5 Å². The molecule has 0 aliphatic carbocycles. The van der Waals surface area contributed by atoms with Gasteiger partial charge in [-0.1, -0.05) is 6.07 Å². The minimum Gasteiger partial charge on any atom is -0.493 e. The van der Waals surface area contributed by atoms with Crippen LogP contribution in [0.2, 0.25) is 0 Å². The topological polar surface area (TPSA) is 97.4 Å². The summed E-state index contributed by atoms with van der Waals surface area (Å²) in [6, 6.07) is 14.5. The molecule has 3 aromatic carbocycles. The second-order valence-electron chi connectivity index (χ2n) is 8.46. The monoisotopic (exact) mass is 518 g/mol. The van der Waals surface area contributed by atoms with Crippen LogP contribution in [0.25, 0.3) is 10.9 Å². The lowest BCUT2D eigenvalue weighted by molar-refractivity contribution is 0.155. The standard InChI is InChI=1S/C29H30N2O7/c1-17-12-25(38-23-9-10-30-22-15-28(36-6)27(35-5)14-20(22)23)18(2)11-21(17)31-29(32)37-16-19-7-8-24(33-3)26(13-19)34-4/h7-15H,16H2,1-6H3,(H,31,32). The summed E-state index contributed by atoms with van der Waals surface area (Å²) >= 11 is 0. The molecule has 1 amide bonds. The number of ether oxygens (including phenoxy) is 6. The van der Waals surface area contributed by atoms with Gasteiger partial charge in [-0.3, -0.25) is 10.3 Å². The highest BCUT2D eigenvalue weighted by atomic mass is 16.5. The minimum absolute atomic E-state index is 0.0782. The molecule has 1 N–H and O–H groups in total. The van der Waals surface area contributed by atoms with E-state index in [0.717, 1.165) is 22.1 Å². The van der Waals surface area contributed by atoms with Crippen molar-refractivity contribution in [1.82, 2.24) is 4.98 Å². The van der Waals surface area contributed by atoms with Gasteiger partial charge in [0.15, 0.2) is 23.0 Å². The van der Waals surface area contributed by atoms with E-state index in [1.807, 2.05) is 38.1 Å². The molecular weight excluding hydrogens is 488 g/mol. The first-order chi connectivity index (χ1) is 18.4. The fourth-order valence-electron chi connectivity index (χ4n) is 3.95. The number of carbonyl (C=O) groups is 1. The molecule has 0 spiro atoms. The lowest BCUT2D eigenvalue weighted by atomic mass is 10.1. The summed E-state index contributed by atoms with van der Waals surface area (Å²) < 4.78 is 33.1. The average molecular weight is 519 g/mol. The molecule has 198 valence electrons. The van der Waals surface area contributed by atoms with Gasteiger partial charge >= 0.3 is 6.09 Å². The number of nitrogens with one attached hydrogen (secondary N) is 1. The number of benzene rings is 3. The molecule has 1 heterocycles. The number of aromatic nitrogens is 1. The number of hydrogen-bond acceptors (Lipinski definition) is 8. The molecule has 0 saturated carbocycles. The summed E-state index contributed by atoms with van der Waals surface area (Å²) in [7, 11) is 6.28. The van der Waals surface area contributed by atoms with Crippen LogP contribution in [0.15, 0.2) is 54.7 Å². The van der Waals surface area contributed by atoms with Gasteiger partial charge in [0.1, 0.15) is 18.1 Å². The zero-order chi connectivity index (χ0) is 27.2. The number of carbonyl (C=O) groups excluding carboxylic acids is 1. The molecule has 0 saturated heterocycles. The van der Waals surface area contributed by atoms with Gasteiger partial charge in [0.25, 0.3) is 0 Å².